The number of anilines is 1. The van der Waals surface area contributed by atoms with Crippen LogP contribution < -0.4 is 10.6 Å². The molecule has 2 atom stereocenters. The summed E-state index contributed by atoms with van der Waals surface area (Å²) in [6.07, 6.45) is 3.26. The molecule has 114 valence electrons. The quantitative estimate of drug-likeness (QED) is 0.885. The second-order valence-electron chi connectivity index (χ2n) is 5.42. The maximum Gasteiger partial charge on any atom is 0.226 e. The van der Waals surface area contributed by atoms with Crippen molar-refractivity contribution in [1.82, 2.24) is 20.1 Å². The van der Waals surface area contributed by atoms with E-state index in [4.69, 9.17) is 0 Å². The summed E-state index contributed by atoms with van der Waals surface area (Å²) in [5.74, 6) is -0.461. The molecular weight excluding hydrogens is 282 g/mol. The summed E-state index contributed by atoms with van der Waals surface area (Å²) < 4.78 is 1.62. The minimum atomic E-state index is -0.296. The van der Waals surface area contributed by atoms with Gasteiger partial charge in [-0.1, -0.05) is 25.1 Å². The molecule has 0 saturated heterocycles. The van der Waals surface area contributed by atoms with Crippen LogP contribution in [0.4, 0.5) is 5.69 Å². The van der Waals surface area contributed by atoms with Crippen LogP contribution in [0.1, 0.15) is 24.9 Å². The Morgan fingerprint density at radius 3 is 3.09 bits per heavy atom. The first-order valence-corrected chi connectivity index (χ1v) is 7.15. The van der Waals surface area contributed by atoms with Crippen LogP contribution in [-0.4, -0.2) is 26.6 Å². The third-order valence-corrected chi connectivity index (χ3v) is 3.69. The van der Waals surface area contributed by atoms with Gasteiger partial charge in [0.25, 0.3) is 0 Å². The van der Waals surface area contributed by atoms with Gasteiger partial charge in [-0.25, -0.2) is 4.98 Å². The molecule has 1 aliphatic rings. The average molecular weight is 299 g/mol. The van der Waals surface area contributed by atoms with Crippen molar-refractivity contribution in [2.24, 2.45) is 5.92 Å². The number of hydrogen-bond donors (Lipinski definition) is 2. The lowest BCUT2D eigenvalue weighted by Crippen LogP contribution is -2.38. The fraction of sp³-hybridized carbons (Fsp3) is 0.333. The molecule has 2 N–H and O–H groups in total. The van der Waals surface area contributed by atoms with Crippen LogP contribution in [-0.2, 0) is 16.1 Å². The van der Waals surface area contributed by atoms with Crippen molar-refractivity contribution in [3.8, 4) is 0 Å². The van der Waals surface area contributed by atoms with Gasteiger partial charge in [0.15, 0.2) is 0 Å². The molecule has 1 aromatic heterocycles. The van der Waals surface area contributed by atoms with Gasteiger partial charge in [0.2, 0.25) is 11.8 Å². The molecule has 7 nitrogen and oxygen atoms in total. The molecule has 2 heterocycles. The molecule has 1 aromatic carbocycles. The summed E-state index contributed by atoms with van der Waals surface area (Å²) in [5.41, 5.74) is 1.69. The number of benzene rings is 1. The van der Waals surface area contributed by atoms with E-state index < -0.39 is 0 Å². The lowest BCUT2D eigenvalue weighted by Gasteiger charge is -2.27. The van der Waals surface area contributed by atoms with Gasteiger partial charge in [-0.15, -0.1) is 0 Å². The Morgan fingerprint density at radius 1 is 1.50 bits per heavy atom. The highest BCUT2D eigenvalue weighted by Crippen LogP contribution is 2.30. The smallest absolute Gasteiger partial charge is 0.226 e. The van der Waals surface area contributed by atoms with Crippen molar-refractivity contribution in [2.75, 3.05) is 5.32 Å². The maximum absolute atomic E-state index is 12.3. The Kier molecular flexibility index (Phi) is 3.86. The Labute approximate surface area is 127 Å². The highest BCUT2D eigenvalue weighted by Gasteiger charge is 2.27. The number of rotatable bonds is 4. The second kappa shape index (κ2) is 5.97. The van der Waals surface area contributed by atoms with Crippen molar-refractivity contribution in [3.63, 3.8) is 0 Å². The highest BCUT2D eigenvalue weighted by atomic mass is 16.2. The largest absolute Gasteiger partial charge is 0.348 e. The monoisotopic (exact) mass is 299 g/mol. The molecule has 0 saturated carbocycles. The van der Waals surface area contributed by atoms with Crippen LogP contribution in [0.3, 0.4) is 0 Å². The van der Waals surface area contributed by atoms with Gasteiger partial charge < -0.3 is 10.6 Å². The van der Waals surface area contributed by atoms with Gasteiger partial charge >= 0.3 is 0 Å². The normalized spacial score (nSPS) is 18.2. The number of nitrogens with zero attached hydrogens (tertiary/aromatic N) is 3. The van der Waals surface area contributed by atoms with Crippen LogP contribution in [0.25, 0.3) is 0 Å². The predicted molar refractivity (Wildman–Crippen MR) is 79.8 cm³/mol. The van der Waals surface area contributed by atoms with Crippen LogP contribution in [0, 0.1) is 5.92 Å². The summed E-state index contributed by atoms with van der Waals surface area (Å²) in [4.78, 5) is 28.0. The Bertz CT molecular complexity index is 683. The third kappa shape index (κ3) is 2.98. The first kappa shape index (κ1) is 14.2. The van der Waals surface area contributed by atoms with Crippen LogP contribution in [0.2, 0.25) is 0 Å². The number of carbonyl (C=O) groups excluding carboxylic acids is 2. The number of para-hydroxylation sites is 1. The van der Waals surface area contributed by atoms with Crippen LogP contribution >= 0.6 is 0 Å². The third-order valence-electron chi connectivity index (χ3n) is 3.69. The molecule has 0 fully saturated rings. The van der Waals surface area contributed by atoms with Gasteiger partial charge in [0.1, 0.15) is 12.7 Å². The van der Waals surface area contributed by atoms with Crippen molar-refractivity contribution >= 4 is 17.5 Å². The zero-order valence-corrected chi connectivity index (χ0v) is 12.2. The van der Waals surface area contributed by atoms with Crippen LogP contribution in [0.15, 0.2) is 36.9 Å². The van der Waals surface area contributed by atoms with E-state index in [1.165, 1.54) is 6.33 Å². The SMILES string of the molecule is CC(Cn1cncn1)C(=O)NC1CC(=O)Nc2ccccc21. The number of amides is 2. The molecule has 3 rings (SSSR count). The second-order valence-corrected chi connectivity index (χ2v) is 5.42. The minimum Gasteiger partial charge on any atom is -0.348 e. The Hall–Kier alpha value is -2.70. The van der Waals surface area contributed by atoms with Crippen molar-refractivity contribution < 1.29 is 9.59 Å². The lowest BCUT2D eigenvalue weighted by molar-refractivity contribution is -0.126. The Balaban J connectivity index is 1.70. The molecule has 7 heteroatoms. The molecule has 22 heavy (non-hydrogen) atoms. The number of hydrogen-bond acceptors (Lipinski definition) is 4. The van der Waals surface area contributed by atoms with Crippen molar-refractivity contribution in [2.45, 2.75) is 25.9 Å². The molecule has 2 aromatic rings. The van der Waals surface area contributed by atoms with E-state index in [1.807, 2.05) is 31.2 Å². The summed E-state index contributed by atoms with van der Waals surface area (Å²) in [5, 5.41) is 9.77. The van der Waals surface area contributed by atoms with E-state index in [1.54, 1.807) is 11.0 Å². The molecular formula is C15H17N5O2. The van der Waals surface area contributed by atoms with E-state index in [9.17, 15) is 9.59 Å². The molecule has 0 radical (unpaired) electrons. The van der Waals surface area contributed by atoms with E-state index in [0.29, 0.717) is 6.54 Å². The molecule has 0 spiro atoms. The van der Waals surface area contributed by atoms with Gasteiger partial charge in [-0.2, -0.15) is 5.10 Å². The van der Waals surface area contributed by atoms with Gasteiger partial charge in [0, 0.05) is 5.69 Å². The van der Waals surface area contributed by atoms with E-state index in [0.717, 1.165) is 11.3 Å². The first-order chi connectivity index (χ1) is 10.6. The summed E-state index contributed by atoms with van der Waals surface area (Å²) in [6.45, 7) is 2.28. The van der Waals surface area contributed by atoms with E-state index in [2.05, 4.69) is 20.7 Å². The fourth-order valence-electron chi connectivity index (χ4n) is 2.54. The van der Waals surface area contributed by atoms with Crippen molar-refractivity contribution in [1.29, 1.82) is 0 Å². The zero-order valence-electron chi connectivity index (χ0n) is 12.2. The fourth-order valence-corrected chi connectivity index (χ4v) is 2.54. The number of carbonyl (C=O) groups is 2. The molecule has 0 bridgehead atoms. The molecule has 1 aliphatic heterocycles. The van der Waals surface area contributed by atoms with Crippen molar-refractivity contribution in [3.05, 3.63) is 42.5 Å². The standard InChI is InChI=1S/C15H17N5O2/c1-10(7-20-9-16-8-17-20)15(22)19-13-6-14(21)18-12-5-3-2-4-11(12)13/h2-5,8-10,13H,6-7H2,1H3,(H,18,21)(H,19,22). The zero-order chi connectivity index (χ0) is 15.5. The average Bonchev–Trinajstić information content (AvgIpc) is 3.00. The molecule has 0 aliphatic carbocycles. The van der Waals surface area contributed by atoms with Gasteiger partial charge in [-0.3, -0.25) is 14.3 Å². The minimum absolute atomic E-state index is 0.0899. The topological polar surface area (TPSA) is 88.9 Å². The number of nitrogens with one attached hydrogen (secondary N) is 2. The molecule has 2 amide bonds. The summed E-state index contributed by atoms with van der Waals surface area (Å²) in [6, 6.07) is 7.22. The van der Waals surface area contributed by atoms with Gasteiger partial charge in [0.05, 0.1) is 24.9 Å². The number of aromatic nitrogens is 3. The first-order valence-electron chi connectivity index (χ1n) is 7.15. The van der Waals surface area contributed by atoms with Gasteiger partial charge in [-0.05, 0) is 11.6 Å². The Morgan fingerprint density at radius 2 is 2.32 bits per heavy atom. The predicted octanol–water partition coefficient (Wildman–Crippen LogP) is 1.11. The lowest BCUT2D eigenvalue weighted by atomic mass is 9.96. The molecule has 2 unspecified atom stereocenters. The summed E-state index contributed by atoms with van der Waals surface area (Å²) >= 11 is 0. The number of fused-ring (bicyclic) bond motifs is 1. The summed E-state index contributed by atoms with van der Waals surface area (Å²) in [7, 11) is 0. The maximum atomic E-state index is 12.3. The van der Waals surface area contributed by atoms with E-state index in [-0.39, 0.29) is 30.2 Å². The highest BCUT2D eigenvalue weighted by molar-refractivity contribution is 5.95. The van der Waals surface area contributed by atoms with Crippen LogP contribution in [0.5, 0.6) is 0 Å². The van der Waals surface area contributed by atoms with E-state index >= 15 is 0 Å².